The summed E-state index contributed by atoms with van der Waals surface area (Å²) in [5.41, 5.74) is 1.15. The highest BCUT2D eigenvalue weighted by molar-refractivity contribution is 5.05. The molecule has 3 heterocycles. The molecule has 4 rings (SSSR count). The van der Waals surface area contributed by atoms with Crippen molar-refractivity contribution in [3.8, 4) is 0 Å². The van der Waals surface area contributed by atoms with Crippen molar-refractivity contribution in [3.05, 3.63) is 48.8 Å². The summed E-state index contributed by atoms with van der Waals surface area (Å²) < 4.78 is 8.31. The average Bonchev–Trinajstić information content (AvgIpc) is 3.20. The first-order valence-electron chi connectivity index (χ1n) is 8.11. The Morgan fingerprint density at radius 3 is 3.05 bits per heavy atom. The summed E-state index contributed by atoms with van der Waals surface area (Å²) in [5, 5.41) is 0. The van der Waals surface area contributed by atoms with Crippen LogP contribution in [0.15, 0.2) is 43.1 Å². The molecule has 22 heavy (non-hydrogen) atoms. The number of pyridine rings is 1. The Hall–Kier alpha value is -1.72. The summed E-state index contributed by atoms with van der Waals surface area (Å²) in [6, 6.07) is 6.69. The van der Waals surface area contributed by atoms with E-state index < -0.39 is 0 Å². The van der Waals surface area contributed by atoms with Gasteiger partial charge in [0.25, 0.3) is 0 Å². The quantitative estimate of drug-likeness (QED) is 0.865. The molecule has 1 saturated carbocycles. The lowest BCUT2D eigenvalue weighted by Gasteiger charge is -2.39. The number of hydrogen-bond acceptors (Lipinski definition) is 4. The molecule has 3 atom stereocenters. The van der Waals surface area contributed by atoms with Gasteiger partial charge in [0.05, 0.1) is 24.7 Å². The molecule has 0 radical (unpaired) electrons. The molecule has 0 unspecified atom stereocenters. The zero-order chi connectivity index (χ0) is 14.8. The van der Waals surface area contributed by atoms with Crippen LogP contribution < -0.4 is 0 Å². The predicted molar refractivity (Wildman–Crippen MR) is 83.1 cm³/mol. The third kappa shape index (κ3) is 2.78. The van der Waals surface area contributed by atoms with Crippen LogP contribution in [0.5, 0.6) is 0 Å². The largest absolute Gasteiger partial charge is 0.375 e. The van der Waals surface area contributed by atoms with Gasteiger partial charge in [-0.2, -0.15) is 0 Å². The van der Waals surface area contributed by atoms with E-state index in [9.17, 15) is 0 Å². The molecule has 0 N–H and O–H groups in total. The van der Waals surface area contributed by atoms with E-state index in [1.165, 1.54) is 12.8 Å². The van der Waals surface area contributed by atoms with Gasteiger partial charge in [-0.05, 0) is 25.0 Å². The Morgan fingerprint density at radius 1 is 1.23 bits per heavy atom. The molecule has 0 spiro atoms. The van der Waals surface area contributed by atoms with Crippen molar-refractivity contribution in [3.63, 3.8) is 0 Å². The summed E-state index contributed by atoms with van der Waals surface area (Å²) in [7, 11) is 0. The monoisotopic (exact) mass is 298 g/mol. The third-order valence-corrected chi connectivity index (χ3v) is 4.93. The Bertz CT molecular complexity index is 586. The number of hydrogen-bond donors (Lipinski definition) is 0. The molecule has 2 aromatic heterocycles. The van der Waals surface area contributed by atoms with Crippen molar-refractivity contribution in [2.75, 3.05) is 13.2 Å². The Balaban J connectivity index is 1.44. The molecular weight excluding hydrogens is 276 g/mol. The van der Waals surface area contributed by atoms with Gasteiger partial charge >= 0.3 is 0 Å². The maximum absolute atomic E-state index is 6.14. The lowest BCUT2D eigenvalue weighted by molar-refractivity contribution is -0.0789. The molecule has 5 nitrogen and oxygen atoms in total. The normalized spacial score (nSPS) is 28.6. The van der Waals surface area contributed by atoms with Gasteiger partial charge < -0.3 is 9.30 Å². The molecular formula is C17H22N4O. The van der Waals surface area contributed by atoms with Crippen LogP contribution in [0, 0.1) is 5.92 Å². The van der Waals surface area contributed by atoms with E-state index in [1.54, 1.807) is 0 Å². The van der Waals surface area contributed by atoms with Crippen LogP contribution in [-0.2, 0) is 17.8 Å². The van der Waals surface area contributed by atoms with Crippen molar-refractivity contribution in [2.24, 2.45) is 5.92 Å². The van der Waals surface area contributed by atoms with Crippen LogP contribution >= 0.6 is 0 Å². The van der Waals surface area contributed by atoms with Crippen molar-refractivity contribution in [2.45, 2.75) is 38.1 Å². The lowest BCUT2D eigenvalue weighted by Crippen LogP contribution is -2.50. The standard InChI is InChI=1S/C17H22N4O/c1-2-6-19-15(3-1)12-21-9-10-22-17-14(4-5-16(17)21)11-20-8-7-18-13-20/h1-3,6-8,13-14,16-17H,4-5,9-12H2/t14-,16-,17+/m0/s1. The molecule has 2 aliphatic rings. The Kier molecular flexibility index (Phi) is 3.91. The van der Waals surface area contributed by atoms with E-state index in [0.29, 0.717) is 18.1 Å². The highest BCUT2D eigenvalue weighted by Crippen LogP contribution is 2.36. The van der Waals surface area contributed by atoms with Gasteiger partial charge in [0.1, 0.15) is 0 Å². The third-order valence-electron chi connectivity index (χ3n) is 4.93. The number of imidazole rings is 1. The van der Waals surface area contributed by atoms with Crippen molar-refractivity contribution in [1.82, 2.24) is 19.4 Å². The molecule has 0 amide bonds. The van der Waals surface area contributed by atoms with E-state index in [1.807, 2.05) is 31.0 Å². The van der Waals surface area contributed by atoms with Crippen molar-refractivity contribution >= 4 is 0 Å². The first-order chi connectivity index (χ1) is 10.9. The van der Waals surface area contributed by atoms with E-state index in [4.69, 9.17) is 4.74 Å². The van der Waals surface area contributed by atoms with Crippen molar-refractivity contribution < 1.29 is 4.74 Å². The van der Waals surface area contributed by atoms with E-state index >= 15 is 0 Å². The number of rotatable bonds is 4. The second-order valence-electron chi connectivity index (χ2n) is 6.29. The molecule has 1 saturated heterocycles. The molecule has 2 aromatic rings. The molecule has 5 heteroatoms. The smallest absolute Gasteiger partial charge is 0.0946 e. The zero-order valence-corrected chi connectivity index (χ0v) is 12.7. The van der Waals surface area contributed by atoms with Gasteiger partial charge in [-0.1, -0.05) is 6.07 Å². The minimum atomic E-state index is 0.347. The SMILES string of the molecule is c1ccc(CN2CCO[C@@H]3[C@H](Cn4ccnc4)CC[C@@H]32)nc1. The second-order valence-corrected chi connectivity index (χ2v) is 6.29. The summed E-state index contributed by atoms with van der Waals surface area (Å²) in [4.78, 5) is 11.2. The number of morpholine rings is 1. The fourth-order valence-electron chi connectivity index (χ4n) is 3.89. The van der Waals surface area contributed by atoms with Crippen LogP contribution in [-0.4, -0.2) is 44.7 Å². The van der Waals surface area contributed by atoms with Gasteiger partial charge in [-0.25, -0.2) is 4.98 Å². The highest BCUT2D eigenvalue weighted by atomic mass is 16.5. The maximum Gasteiger partial charge on any atom is 0.0946 e. The second kappa shape index (κ2) is 6.18. The summed E-state index contributed by atoms with van der Waals surface area (Å²) in [5.74, 6) is 0.589. The van der Waals surface area contributed by atoms with Gasteiger partial charge in [0, 0.05) is 50.2 Å². The molecule has 0 bridgehead atoms. The molecule has 116 valence electrons. The number of ether oxygens (including phenoxy) is 1. The van der Waals surface area contributed by atoms with Crippen LogP contribution in [0.2, 0.25) is 0 Å². The number of aromatic nitrogens is 3. The minimum absolute atomic E-state index is 0.347. The van der Waals surface area contributed by atoms with Gasteiger partial charge in [-0.15, -0.1) is 0 Å². The van der Waals surface area contributed by atoms with Gasteiger partial charge in [0.15, 0.2) is 0 Å². The van der Waals surface area contributed by atoms with Crippen LogP contribution in [0.25, 0.3) is 0 Å². The average molecular weight is 298 g/mol. The molecule has 1 aliphatic heterocycles. The van der Waals surface area contributed by atoms with E-state index in [2.05, 4.69) is 31.6 Å². The fourth-order valence-corrected chi connectivity index (χ4v) is 3.89. The minimum Gasteiger partial charge on any atom is -0.375 e. The Labute approximate surface area is 130 Å². The molecule has 1 aliphatic carbocycles. The van der Waals surface area contributed by atoms with Crippen LogP contribution in [0.4, 0.5) is 0 Å². The van der Waals surface area contributed by atoms with Gasteiger partial charge in [-0.3, -0.25) is 9.88 Å². The van der Waals surface area contributed by atoms with Gasteiger partial charge in [0.2, 0.25) is 0 Å². The fraction of sp³-hybridized carbons (Fsp3) is 0.529. The van der Waals surface area contributed by atoms with Crippen LogP contribution in [0.1, 0.15) is 18.5 Å². The number of fused-ring (bicyclic) bond motifs is 1. The first kappa shape index (κ1) is 13.9. The molecule has 0 aromatic carbocycles. The summed E-state index contributed by atoms with van der Waals surface area (Å²) in [6.45, 7) is 3.78. The highest BCUT2D eigenvalue weighted by Gasteiger charge is 2.42. The number of nitrogens with zero attached hydrogens (tertiary/aromatic N) is 4. The zero-order valence-electron chi connectivity index (χ0n) is 12.7. The summed E-state index contributed by atoms with van der Waals surface area (Å²) in [6.07, 6.45) is 10.5. The maximum atomic E-state index is 6.14. The van der Waals surface area contributed by atoms with E-state index in [-0.39, 0.29) is 0 Å². The topological polar surface area (TPSA) is 43.2 Å². The lowest BCUT2D eigenvalue weighted by atomic mass is 10.0. The Morgan fingerprint density at radius 2 is 2.23 bits per heavy atom. The van der Waals surface area contributed by atoms with Crippen molar-refractivity contribution in [1.29, 1.82) is 0 Å². The summed E-state index contributed by atoms with van der Waals surface area (Å²) >= 11 is 0. The molecule has 2 fully saturated rings. The first-order valence-corrected chi connectivity index (χ1v) is 8.11. The predicted octanol–water partition coefficient (Wildman–Crippen LogP) is 1.96. The van der Waals surface area contributed by atoms with E-state index in [0.717, 1.165) is 31.9 Å². The van der Waals surface area contributed by atoms with Crippen LogP contribution in [0.3, 0.4) is 0 Å².